The summed E-state index contributed by atoms with van der Waals surface area (Å²) in [7, 11) is 0. The minimum Gasteiger partial charge on any atom is -0.489 e. The fourth-order valence-corrected chi connectivity index (χ4v) is 1.86. The SMILES string of the molecule is CC(C)Oc1ccc(-c2cc(=O)[nH]c(N)n2)cc1Cl. The molecule has 0 atom stereocenters. The Labute approximate surface area is 115 Å². The quantitative estimate of drug-likeness (QED) is 0.904. The van der Waals surface area contributed by atoms with E-state index in [0.29, 0.717) is 22.0 Å². The van der Waals surface area contributed by atoms with Crippen LogP contribution in [0, 0.1) is 0 Å². The highest BCUT2D eigenvalue weighted by Crippen LogP contribution is 2.30. The van der Waals surface area contributed by atoms with E-state index < -0.39 is 0 Å². The van der Waals surface area contributed by atoms with Crippen LogP contribution in [0.3, 0.4) is 0 Å². The largest absolute Gasteiger partial charge is 0.489 e. The molecule has 1 aromatic carbocycles. The number of nitrogen functional groups attached to an aromatic ring is 1. The Morgan fingerprint density at radius 3 is 2.68 bits per heavy atom. The fraction of sp³-hybridized carbons (Fsp3) is 0.231. The third-order valence-corrected chi connectivity index (χ3v) is 2.65. The lowest BCUT2D eigenvalue weighted by molar-refractivity contribution is 0.242. The average molecular weight is 280 g/mol. The molecule has 0 radical (unpaired) electrons. The van der Waals surface area contributed by atoms with Crippen LogP contribution in [-0.2, 0) is 0 Å². The molecule has 2 rings (SSSR count). The summed E-state index contributed by atoms with van der Waals surface area (Å²) in [5, 5.41) is 0.465. The van der Waals surface area contributed by atoms with Gasteiger partial charge >= 0.3 is 0 Å². The van der Waals surface area contributed by atoms with Gasteiger partial charge in [-0.3, -0.25) is 9.78 Å². The molecular formula is C13H14ClN3O2. The molecule has 2 aromatic rings. The molecule has 100 valence electrons. The molecule has 0 aliphatic carbocycles. The van der Waals surface area contributed by atoms with Crippen LogP contribution in [0.1, 0.15) is 13.8 Å². The van der Waals surface area contributed by atoms with Crippen LogP contribution in [0.5, 0.6) is 5.75 Å². The number of aromatic nitrogens is 2. The molecule has 0 saturated carbocycles. The second-order valence-corrected chi connectivity index (χ2v) is 4.73. The standard InChI is InChI=1S/C13H14ClN3O2/c1-7(2)19-11-4-3-8(5-9(11)14)10-6-12(18)17-13(15)16-10/h3-7H,1-2H3,(H3,15,16,17,18). The van der Waals surface area contributed by atoms with Crippen molar-refractivity contribution in [2.75, 3.05) is 5.73 Å². The predicted octanol–water partition coefficient (Wildman–Crippen LogP) is 2.46. The van der Waals surface area contributed by atoms with Gasteiger partial charge in [-0.1, -0.05) is 11.6 Å². The number of nitrogens with two attached hydrogens (primary N) is 1. The van der Waals surface area contributed by atoms with Crippen molar-refractivity contribution >= 4 is 17.5 Å². The first-order valence-electron chi connectivity index (χ1n) is 5.79. The predicted molar refractivity (Wildman–Crippen MR) is 75.5 cm³/mol. The Morgan fingerprint density at radius 2 is 2.11 bits per heavy atom. The maximum absolute atomic E-state index is 11.3. The Morgan fingerprint density at radius 1 is 1.37 bits per heavy atom. The third kappa shape index (κ3) is 3.26. The van der Waals surface area contributed by atoms with E-state index in [0.717, 1.165) is 0 Å². The summed E-state index contributed by atoms with van der Waals surface area (Å²) < 4.78 is 5.54. The lowest BCUT2D eigenvalue weighted by Gasteiger charge is -2.12. The van der Waals surface area contributed by atoms with E-state index in [9.17, 15) is 4.79 Å². The maximum atomic E-state index is 11.3. The van der Waals surface area contributed by atoms with Gasteiger partial charge in [0.25, 0.3) is 5.56 Å². The molecular weight excluding hydrogens is 266 g/mol. The van der Waals surface area contributed by atoms with E-state index in [1.807, 2.05) is 13.8 Å². The topological polar surface area (TPSA) is 81.0 Å². The van der Waals surface area contributed by atoms with Crippen molar-refractivity contribution in [3.8, 4) is 17.0 Å². The highest BCUT2D eigenvalue weighted by atomic mass is 35.5. The molecule has 0 spiro atoms. The van der Waals surface area contributed by atoms with Gasteiger partial charge in [0.15, 0.2) is 0 Å². The van der Waals surface area contributed by atoms with Gasteiger partial charge < -0.3 is 10.5 Å². The first-order valence-corrected chi connectivity index (χ1v) is 6.17. The summed E-state index contributed by atoms with van der Waals surface area (Å²) in [5.74, 6) is 0.666. The number of rotatable bonds is 3. The minimum absolute atomic E-state index is 0.0386. The van der Waals surface area contributed by atoms with Crippen LogP contribution >= 0.6 is 11.6 Å². The van der Waals surface area contributed by atoms with Gasteiger partial charge in [-0.05, 0) is 32.0 Å². The summed E-state index contributed by atoms with van der Waals surface area (Å²) in [4.78, 5) is 17.8. The number of ether oxygens (including phenoxy) is 1. The Balaban J connectivity index is 2.41. The Kier molecular flexibility index (Phi) is 3.76. The summed E-state index contributed by atoms with van der Waals surface area (Å²) >= 11 is 6.13. The zero-order valence-electron chi connectivity index (χ0n) is 10.6. The van der Waals surface area contributed by atoms with Crippen LogP contribution < -0.4 is 16.0 Å². The lowest BCUT2D eigenvalue weighted by atomic mass is 10.1. The van der Waals surface area contributed by atoms with E-state index >= 15 is 0 Å². The molecule has 5 nitrogen and oxygen atoms in total. The van der Waals surface area contributed by atoms with Gasteiger partial charge in [-0.2, -0.15) is 0 Å². The van der Waals surface area contributed by atoms with Crippen LogP contribution in [0.4, 0.5) is 5.95 Å². The fourth-order valence-electron chi connectivity index (χ4n) is 1.63. The number of hydrogen-bond acceptors (Lipinski definition) is 4. The number of anilines is 1. The smallest absolute Gasteiger partial charge is 0.252 e. The average Bonchev–Trinajstić information content (AvgIpc) is 2.30. The molecule has 6 heteroatoms. The summed E-state index contributed by atoms with van der Waals surface area (Å²) in [6, 6.07) is 6.59. The van der Waals surface area contributed by atoms with Gasteiger partial charge in [0.2, 0.25) is 5.95 Å². The number of benzene rings is 1. The Bertz CT molecular complexity index is 653. The molecule has 19 heavy (non-hydrogen) atoms. The number of nitrogens with zero attached hydrogens (tertiary/aromatic N) is 1. The minimum atomic E-state index is -0.305. The molecule has 0 aliphatic rings. The van der Waals surface area contributed by atoms with Crippen molar-refractivity contribution < 1.29 is 4.74 Å². The van der Waals surface area contributed by atoms with E-state index in [2.05, 4.69) is 9.97 Å². The highest BCUT2D eigenvalue weighted by molar-refractivity contribution is 6.32. The van der Waals surface area contributed by atoms with Gasteiger partial charge in [-0.15, -0.1) is 0 Å². The van der Waals surface area contributed by atoms with Crippen molar-refractivity contribution in [1.82, 2.24) is 9.97 Å². The van der Waals surface area contributed by atoms with Crippen molar-refractivity contribution in [1.29, 1.82) is 0 Å². The van der Waals surface area contributed by atoms with Gasteiger partial charge in [0.05, 0.1) is 16.8 Å². The van der Waals surface area contributed by atoms with E-state index in [1.165, 1.54) is 6.07 Å². The van der Waals surface area contributed by atoms with E-state index in [-0.39, 0.29) is 17.6 Å². The summed E-state index contributed by atoms with van der Waals surface area (Å²) in [5.41, 5.74) is 6.38. The number of nitrogens with one attached hydrogen (secondary N) is 1. The molecule has 0 fully saturated rings. The number of halogens is 1. The number of hydrogen-bond donors (Lipinski definition) is 2. The van der Waals surface area contributed by atoms with E-state index in [4.69, 9.17) is 22.1 Å². The zero-order valence-corrected chi connectivity index (χ0v) is 11.4. The molecule has 3 N–H and O–H groups in total. The number of H-pyrrole nitrogens is 1. The molecule has 0 bridgehead atoms. The molecule has 0 saturated heterocycles. The normalized spacial score (nSPS) is 10.7. The monoisotopic (exact) mass is 279 g/mol. The Hall–Kier alpha value is -2.01. The lowest BCUT2D eigenvalue weighted by Crippen LogP contribution is -2.10. The van der Waals surface area contributed by atoms with Crippen LogP contribution in [0.2, 0.25) is 5.02 Å². The molecule has 0 amide bonds. The molecule has 1 aromatic heterocycles. The second kappa shape index (κ2) is 5.32. The molecule has 0 aliphatic heterocycles. The van der Waals surface area contributed by atoms with Crippen LogP contribution in [0.15, 0.2) is 29.1 Å². The summed E-state index contributed by atoms with van der Waals surface area (Å²) in [6.45, 7) is 3.84. The van der Waals surface area contributed by atoms with Gasteiger partial charge in [0, 0.05) is 11.6 Å². The van der Waals surface area contributed by atoms with Gasteiger partial charge in [-0.25, -0.2) is 4.98 Å². The first kappa shape index (κ1) is 13.4. The zero-order chi connectivity index (χ0) is 14.0. The highest BCUT2D eigenvalue weighted by Gasteiger charge is 2.08. The van der Waals surface area contributed by atoms with Crippen LogP contribution in [-0.4, -0.2) is 16.1 Å². The maximum Gasteiger partial charge on any atom is 0.252 e. The number of aromatic amines is 1. The van der Waals surface area contributed by atoms with Gasteiger partial charge in [0.1, 0.15) is 5.75 Å². The van der Waals surface area contributed by atoms with Crippen molar-refractivity contribution in [2.24, 2.45) is 0 Å². The molecule has 0 unspecified atom stereocenters. The van der Waals surface area contributed by atoms with Crippen molar-refractivity contribution in [3.63, 3.8) is 0 Å². The molecule has 1 heterocycles. The van der Waals surface area contributed by atoms with Crippen molar-refractivity contribution in [3.05, 3.63) is 39.6 Å². The summed E-state index contributed by atoms with van der Waals surface area (Å²) in [6.07, 6.45) is 0.0386. The van der Waals surface area contributed by atoms with Crippen molar-refractivity contribution in [2.45, 2.75) is 20.0 Å². The second-order valence-electron chi connectivity index (χ2n) is 4.33. The van der Waals surface area contributed by atoms with E-state index in [1.54, 1.807) is 18.2 Å². The first-order chi connectivity index (χ1) is 8.95. The third-order valence-electron chi connectivity index (χ3n) is 2.35. The van der Waals surface area contributed by atoms with Crippen LogP contribution in [0.25, 0.3) is 11.3 Å².